The lowest BCUT2D eigenvalue weighted by atomic mass is 9.81. The monoisotopic (exact) mass is 268 g/mol. The number of benzene rings is 1. The fourth-order valence-electron chi connectivity index (χ4n) is 3.33. The second-order valence-electron chi connectivity index (χ2n) is 7.09. The molecule has 2 nitrogen and oxygen atoms in total. The first-order valence-electron chi connectivity index (χ1n) is 7.63. The average Bonchev–Trinajstić information content (AvgIpc) is 2.58. The van der Waals surface area contributed by atoms with Crippen molar-refractivity contribution in [3.8, 4) is 0 Å². The topological polar surface area (TPSA) is 38.9 Å². The minimum absolute atomic E-state index is 0.204. The van der Waals surface area contributed by atoms with Crippen molar-refractivity contribution in [2.45, 2.75) is 51.5 Å². The van der Waals surface area contributed by atoms with Crippen LogP contribution in [0.15, 0.2) is 36.5 Å². The van der Waals surface area contributed by atoms with Crippen LogP contribution in [-0.4, -0.2) is 4.98 Å². The minimum atomic E-state index is -0.204. The third-order valence-corrected chi connectivity index (χ3v) is 4.89. The summed E-state index contributed by atoms with van der Waals surface area (Å²) in [5.41, 5.74) is 9.22. The molecule has 1 unspecified atom stereocenters. The third-order valence-electron chi connectivity index (χ3n) is 4.89. The second-order valence-corrected chi connectivity index (χ2v) is 7.09. The summed E-state index contributed by atoms with van der Waals surface area (Å²) in [6.45, 7) is 4.72. The average molecular weight is 268 g/mol. The van der Waals surface area contributed by atoms with Crippen molar-refractivity contribution >= 4 is 10.9 Å². The highest BCUT2D eigenvalue weighted by Gasteiger charge is 2.34. The van der Waals surface area contributed by atoms with Gasteiger partial charge in [0.15, 0.2) is 0 Å². The highest BCUT2D eigenvalue weighted by Crippen LogP contribution is 2.41. The van der Waals surface area contributed by atoms with Crippen LogP contribution in [0, 0.1) is 5.41 Å². The van der Waals surface area contributed by atoms with Gasteiger partial charge in [-0.25, -0.2) is 0 Å². The van der Waals surface area contributed by atoms with Crippen LogP contribution < -0.4 is 5.73 Å². The number of aromatic nitrogens is 1. The van der Waals surface area contributed by atoms with Gasteiger partial charge in [-0.05, 0) is 48.8 Å². The summed E-state index contributed by atoms with van der Waals surface area (Å²) in [7, 11) is 0. The zero-order chi connectivity index (χ0) is 14.2. The molecule has 3 rings (SSSR count). The lowest BCUT2D eigenvalue weighted by Crippen LogP contribution is -2.36. The van der Waals surface area contributed by atoms with Crippen LogP contribution in [0.5, 0.6) is 0 Å². The van der Waals surface area contributed by atoms with Crippen molar-refractivity contribution in [1.29, 1.82) is 0 Å². The number of fused-ring (bicyclic) bond motifs is 1. The highest BCUT2D eigenvalue weighted by atomic mass is 14.8. The van der Waals surface area contributed by atoms with Crippen LogP contribution in [0.4, 0.5) is 0 Å². The molecule has 0 aliphatic heterocycles. The van der Waals surface area contributed by atoms with E-state index in [4.69, 9.17) is 5.73 Å². The van der Waals surface area contributed by atoms with Crippen molar-refractivity contribution in [1.82, 2.24) is 4.98 Å². The van der Waals surface area contributed by atoms with Crippen molar-refractivity contribution in [3.05, 3.63) is 42.1 Å². The molecular weight excluding hydrogens is 244 g/mol. The van der Waals surface area contributed by atoms with E-state index in [1.165, 1.54) is 30.2 Å². The maximum atomic E-state index is 6.75. The smallest absolute Gasteiger partial charge is 0.0702 e. The van der Waals surface area contributed by atoms with Crippen LogP contribution in [0.2, 0.25) is 0 Å². The van der Waals surface area contributed by atoms with Gasteiger partial charge in [-0.2, -0.15) is 0 Å². The van der Waals surface area contributed by atoms with Crippen molar-refractivity contribution < 1.29 is 0 Å². The number of nitrogens with zero attached hydrogens (tertiary/aromatic N) is 1. The Hall–Kier alpha value is -1.41. The van der Waals surface area contributed by atoms with E-state index in [-0.39, 0.29) is 5.54 Å². The van der Waals surface area contributed by atoms with E-state index in [0.29, 0.717) is 5.41 Å². The summed E-state index contributed by atoms with van der Waals surface area (Å²) < 4.78 is 0. The molecule has 0 bridgehead atoms. The summed E-state index contributed by atoms with van der Waals surface area (Å²) in [6, 6.07) is 10.5. The van der Waals surface area contributed by atoms with E-state index in [0.717, 1.165) is 18.4 Å². The molecule has 1 atom stereocenters. The molecule has 0 amide bonds. The van der Waals surface area contributed by atoms with Gasteiger partial charge in [0.25, 0.3) is 0 Å². The van der Waals surface area contributed by atoms with Crippen LogP contribution in [0.3, 0.4) is 0 Å². The molecule has 20 heavy (non-hydrogen) atoms. The van der Waals surface area contributed by atoms with Gasteiger partial charge in [0.2, 0.25) is 0 Å². The third kappa shape index (κ3) is 2.57. The summed E-state index contributed by atoms with van der Waals surface area (Å²) >= 11 is 0. The summed E-state index contributed by atoms with van der Waals surface area (Å²) in [4.78, 5) is 4.59. The van der Waals surface area contributed by atoms with Gasteiger partial charge in [-0.15, -0.1) is 0 Å². The molecule has 1 fully saturated rings. The van der Waals surface area contributed by atoms with E-state index in [2.05, 4.69) is 43.1 Å². The lowest BCUT2D eigenvalue weighted by Gasteiger charge is -2.29. The van der Waals surface area contributed by atoms with E-state index < -0.39 is 0 Å². The fraction of sp³-hybridized carbons (Fsp3) is 0.500. The van der Waals surface area contributed by atoms with Gasteiger partial charge in [0.05, 0.1) is 5.52 Å². The molecule has 1 aliphatic rings. The van der Waals surface area contributed by atoms with Crippen LogP contribution in [-0.2, 0) is 5.54 Å². The Balaban J connectivity index is 1.96. The Bertz CT molecular complexity index is 618. The van der Waals surface area contributed by atoms with E-state index in [1.54, 1.807) is 0 Å². The summed E-state index contributed by atoms with van der Waals surface area (Å²) in [5.74, 6) is 0. The normalized spacial score (nSPS) is 26.4. The molecule has 106 valence electrons. The van der Waals surface area contributed by atoms with Crippen molar-refractivity contribution in [2.24, 2.45) is 11.1 Å². The zero-order valence-corrected chi connectivity index (χ0v) is 12.5. The molecule has 0 radical (unpaired) electrons. The van der Waals surface area contributed by atoms with Gasteiger partial charge < -0.3 is 5.73 Å². The molecule has 1 aliphatic carbocycles. The van der Waals surface area contributed by atoms with E-state index >= 15 is 0 Å². The van der Waals surface area contributed by atoms with Crippen LogP contribution in [0.1, 0.15) is 51.5 Å². The number of nitrogens with two attached hydrogens (primary N) is 1. The number of hydrogen-bond donors (Lipinski definition) is 1. The highest BCUT2D eigenvalue weighted by molar-refractivity contribution is 5.78. The zero-order valence-electron chi connectivity index (χ0n) is 12.5. The second kappa shape index (κ2) is 4.85. The number of hydrogen-bond acceptors (Lipinski definition) is 2. The maximum Gasteiger partial charge on any atom is 0.0702 e. The molecule has 1 heterocycles. The van der Waals surface area contributed by atoms with Gasteiger partial charge in [0.1, 0.15) is 0 Å². The minimum Gasteiger partial charge on any atom is -0.321 e. The van der Waals surface area contributed by atoms with Gasteiger partial charge >= 0.3 is 0 Å². The standard InChI is InChI=1S/C18H24N2/c1-17(2)8-5-9-18(19,11-10-17)15-12-14-6-3-4-7-16(14)20-13-15/h3-4,6-7,12-13H,5,8-11,19H2,1-2H3. The first-order chi connectivity index (χ1) is 9.49. The lowest BCUT2D eigenvalue weighted by molar-refractivity contribution is 0.299. The molecule has 1 saturated carbocycles. The molecule has 2 heteroatoms. The Labute approximate surface area is 121 Å². The summed E-state index contributed by atoms with van der Waals surface area (Å²) in [6.07, 6.45) is 7.77. The molecule has 1 aromatic heterocycles. The predicted molar refractivity (Wildman–Crippen MR) is 84.5 cm³/mol. The van der Waals surface area contributed by atoms with Gasteiger partial charge in [-0.3, -0.25) is 4.98 Å². The molecule has 2 N–H and O–H groups in total. The number of para-hydroxylation sites is 1. The number of pyridine rings is 1. The van der Waals surface area contributed by atoms with Crippen LogP contribution in [0.25, 0.3) is 10.9 Å². The van der Waals surface area contributed by atoms with Crippen molar-refractivity contribution in [2.75, 3.05) is 0 Å². The fourth-order valence-corrected chi connectivity index (χ4v) is 3.33. The van der Waals surface area contributed by atoms with Crippen molar-refractivity contribution in [3.63, 3.8) is 0 Å². The predicted octanol–water partition coefficient (Wildman–Crippen LogP) is 4.38. The SMILES string of the molecule is CC1(C)CCCC(N)(c2cnc3ccccc3c2)CC1. The Morgan fingerprint density at radius 2 is 1.85 bits per heavy atom. The first-order valence-corrected chi connectivity index (χ1v) is 7.63. The molecule has 0 saturated heterocycles. The van der Waals surface area contributed by atoms with Crippen LogP contribution >= 0.6 is 0 Å². The van der Waals surface area contributed by atoms with Gasteiger partial charge in [0, 0.05) is 17.1 Å². The Morgan fingerprint density at radius 3 is 2.70 bits per heavy atom. The number of rotatable bonds is 1. The van der Waals surface area contributed by atoms with Gasteiger partial charge in [-0.1, -0.05) is 38.5 Å². The Kier molecular flexibility index (Phi) is 3.29. The molecule has 0 spiro atoms. The van der Waals surface area contributed by atoms with E-state index in [9.17, 15) is 0 Å². The van der Waals surface area contributed by atoms with E-state index in [1.807, 2.05) is 12.3 Å². The maximum absolute atomic E-state index is 6.75. The molecular formula is C18H24N2. The summed E-state index contributed by atoms with van der Waals surface area (Å²) in [5, 5.41) is 1.19. The molecule has 1 aromatic carbocycles. The first kappa shape index (κ1) is 13.6. The Morgan fingerprint density at radius 1 is 1.05 bits per heavy atom. The quantitative estimate of drug-likeness (QED) is 0.780. The largest absolute Gasteiger partial charge is 0.321 e. The molecule has 2 aromatic rings.